The smallest absolute Gasteiger partial charge is 0.123 e. The van der Waals surface area contributed by atoms with Gasteiger partial charge in [-0.25, -0.2) is 0 Å². The van der Waals surface area contributed by atoms with E-state index in [0.29, 0.717) is 5.92 Å². The number of carbonyl (C=O) groups is 1. The highest BCUT2D eigenvalue weighted by Crippen LogP contribution is 2.10. The minimum atomic E-state index is 0.236. The summed E-state index contributed by atoms with van der Waals surface area (Å²) < 4.78 is 0. The van der Waals surface area contributed by atoms with E-state index in [1.165, 1.54) is 12.0 Å². The molecule has 0 spiro atoms. The van der Waals surface area contributed by atoms with Crippen molar-refractivity contribution in [2.75, 3.05) is 0 Å². The summed E-state index contributed by atoms with van der Waals surface area (Å²) in [6, 6.07) is 0. The molecule has 0 fully saturated rings. The number of hydrogen-bond donors (Lipinski definition) is 0. The van der Waals surface area contributed by atoms with Gasteiger partial charge in [0.1, 0.15) is 6.29 Å². The van der Waals surface area contributed by atoms with Crippen LogP contribution in [0.4, 0.5) is 0 Å². The van der Waals surface area contributed by atoms with Gasteiger partial charge < -0.3 is 4.79 Å². The van der Waals surface area contributed by atoms with Crippen LogP contribution in [0.15, 0.2) is 11.6 Å². The van der Waals surface area contributed by atoms with Gasteiger partial charge >= 0.3 is 0 Å². The summed E-state index contributed by atoms with van der Waals surface area (Å²) in [5, 5.41) is 0. The first-order valence-corrected chi connectivity index (χ1v) is 5.60. The zero-order valence-electron chi connectivity index (χ0n) is 10.6. The van der Waals surface area contributed by atoms with Gasteiger partial charge in [-0.2, -0.15) is 0 Å². The zero-order valence-corrected chi connectivity index (χ0v) is 10.6. The van der Waals surface area contributed by atoms with Crippen LogP contribution in [0.3, 0.4) is 0 Å². The maximum atomic E-state index is 10.1. The van der Waals surface area contributed by atoms with Crippen LogP contribution >= 0.6 is 0 Å². The molecule has 0 rings (SSSR count). The lowest BCUT2D eigenvalue weighted by Gasteiger charge is -2.09. The van der Waals surface area contributed by atoms with Gasteiger partial charge in [0.15, 0.2) is 0 Å². The van der Waals surface area contributed by atoms with Crippen LogP contribution in [0.1, 0.15) is 54.4 Å². The molecule has 0 amide bonds. The SMILES string of the molecule is C/C=C(\C)CC.CCC(C)C(C)C=O. The van der Waals surface area contributed by atoms with Crippen molar-refractivity contribution < 1.29 is 4.79 Å². The number of carbonyl (C=O) groups excluding carboxylic acids is 1. The van der Waals surface area contributed by atoms with E-state index in [2.05, 4.69) is 40.7 Å². The van der Waals surface area contributed by atoms with Gasteiger partial charge in [-0.3, -0.25) is 0 Å². The molecule has 2 unspecified atom stereocenters. The lowest BCUT2D eigenvalue weighted by atomic mass is 9.95. The summed E-state index contributed by atoms with van der Waals surface area (Å²) in [7, 11) is 0. The van der Waals surface area contributed by atoms with Crippen LogP contribution in [0.2, 0.25) is 0 Å². The summed E-state index contributed by atoms with van der Waals surface area (Å²) in [6.45, 7) is 12.5. The molecule has 1 heteroatoms. The first-order valence-electron chi connectivity index (χ1n) is 5.60. The Morgan fingerprint density at radius 3 is 1.86 bits per heavy atom. The Morgan fingerprint density at radius 2 is 1.79 bits per heavy atom. The van der Waals surface area contributed by atoms with Crippen molar-refractivity contribution in [1.29, 1.82) is 0 Å². The molecule has 0 saturated heterocycles. The lowest BCUT2D eigenvalue weighted by molar-refractivity contribution is -0.111. The fraction of sp³-hybridized carbons (Fsp3) is 0.769. The van der Waals surface area contributed by atoms with E-state index in [4.69, 9.17) is 0 Å². The third kappa shape index (κ3) is 9.50. The highest BCUT2D eigenvalue weighted by molar-refractivity contribution is 5.53. The fourth-order valence-corrected chi connectivity index (χ4v) is 0.710. The van der Waals surface area contributed by atoms with Gasteiger partial charge in [0.25, 0.3) is 0 Å². The largest absolute Gasteiger partial charge is 0.303 e. The van der Waals surface area contributed by atoms with E-state index in [9.17, 15) is 4.79 Å². The predicted molar refractivity (Wildman–Crippen MR) is 64.4 cm³/mol. The number of hydrogen-bond acceptors (Lipinski definition) is 1. The Hall–Kier alpha value is -0.590. The Bertz CT molecular complexity index is 159. The van der Waals surface area contributed by atoms with Crippen molar-refractivity contribution in [3.8, 4) is 0 Å². The summed E-state index contributed by atoms with van der Waals surface area (Å²) in [4.78, 5) is 10.1. The Balaban J connectivity index is 0. The predicted octanol–water partition coefficient (Wildman–Crippen LogP) is 4.23. The molecule has 14 heavy (non-hydrogen) atoms. The van der Waals surface area contributed by atoms with E-state index in [0.717, 1.165) is 12.7 Å². The fourth-order valence-electron chi connectivity index (χ4n) is 0.710. The van der Waals surface area contributed by atoms with E-state index >= 15 is 0 Å². The molecule has 0 aromatic heterocycles. The van der Waals surface area contributed by atoms with E-state index in [1.54, 1.807) is 0 Å². The molecule has 84 valence electrons. The van der Waals surface area contributed by atoms with Crippen LogP contribution in [-0.4, -0.2) is 6.29 Å². The van der Waals surface area contributed by atoms with Crippen molar-refractivity contribution in [2.24, 2.45) is 11.8 Å². The zero-order chi connectivity index (χ0) is 11.6. The molecule has 0 saturated carbocycles. The van der Waals surface area contributed by atoms with Gasteiger partial charge in [0, 0.05) is 5.92 Å². The van der Waals surface area contributed by atoms with Crippen molar-refractivity contribution in [1.82, 2.24) is 0 Å². The Morgan fingerprint density at radius 1 is 1.29 bits per heavy atom. The number of rotatable bonds is 4. The first-order chi connectivity index (χ1) is 6.53. The second-order valence-electron chi connectivity index (χ2n) is 3.87. The summed E-state index contributed by atoms with van der Waals surface area (Å²) in [5.74, 6) is 0.785. The topological polar surface area (TPSA) is 17.1 Å². The second kappa shape index (κ2) is 10.5. The van der Waals surface area contributed by atoms with Crippen LogP contribution in [0.25, 0.3) is 0 Å². The summed E-state index contributed by atoms with van der Waals surface area (Å²) in [5.41, 5.74) is 1.47. The maximum absolute atomic E-state index is 10.1. The Labute approximate surface area is 89.6 Å². The minimum absolute atomic E-state index is 0.236. The molecule has 2 atom stereocenters. The monoisotopic (exact) mass is 198 g/mol. The molecule has 0 aliphatic heterocycles. The molecular weight excluding hydrogens is 172 g/mol. The number of aldehydes is 1. The van der Waals surface area contributed by atoms with Crippen molar-refractivity contribution in [3.63, 3.8) is 0 Å². The van der Waals surface area contributed by atoms with Crippen LogP contribution < -0.4 is 0 Å². The molecular formula is C13H26O. The molecule has 1 nitrogen and oxygen atoms in total. The molecule has 0 aromatic carbocycles. The molecule has 0 aliphatic rings. The molecule has 0 bridgehead atoms. The molecule has 0 heterocycles. The standard InChI is InChI=1S/C7H14O.C6H12/c1-4-6(2)7(3)5-8;1-4-6(3)5-2/h5-7H,4H2,1-3H3;4H,5H2,1-3H3/b;6-4+. The lowest BCUT2D eigenvalue weighted by Crippen LogP contribution is -2.06. The highest BCUT2D eigenvalue weighted by atomic mass is 16.1. The molecule has 0 radical (unpaired) electrons. The van der Waals surface area contributed by atoms with Crippen molar-refractivity contribution in [2.45, 2.75) is 54.4 Å². The van der Waals surface area contributed by atoms with E-state index in [1.807, 2.05) is 6.92 Å². The molecule has 0 N–H and O–H groups in total. The van der Waals surface area contributed by atoms with Crippen molar-refractivity contribution in [3.05, 3.63) is 11.6 Å². The van der Waals surface area contributed by atoms with Crippen LogP contribution in [0.5, 0.6) is 0 Å². The van der Waals surface area contributed by atoms with E-state index < -0.39 is 0 Å². The van der Waals surface area contributed by atoms with Crippen LogP contribution in [-0.2, 0) is 4.79 Å². The maximum Gasteiger partial charge on any atom is 0.123 e. The molecule has 0 aliphatic carbocycles. The Kier molecular flexibility index (Phi) is 11.9. The quantitative estimate of drug-likeness (QED) is 0.488. The minimum Gasteiger partial charge on any atom is -0.303 e. The summed E-state index contributed by atoms with van der Waals surface area (Å²) in [6.07, 6.45) is 5.45. The number of allylic oxidation sites excluding steroid dienone is 2. The average molecular weight is 198 g/mol. The van der Waals surface area contributed by atoms with Crippen molar-refractivity contribution >= 4 is 6.29 Å². The first kappa shape index (κ1) is 15.9. The second-order valence-corrected chi connectivity index (χ2v) is 3.87. The summed E-state index contributed by atoms with van der Waals surface area (Å²) >= 11 is 0. The normalized spacial score (nSPS) is 15.1. The van der Waals surface area contributed by atoms with Gasteiger partial charge in [0.05, 0.1) is 0 Å². The third-order valence-electron chi connectivity index (χ3n) is 2.81. The van der Waals surface area contributed by atoms with Gasteiger partial charge in [-0.15, -0.1) is 0 Å². The van der Waals surface area contributed by atoms with Gasteiger partial charge in [-0.1, -0.05) is 45.8 Å². The average Bonchev–Trinajstić information content (AvgIpc) is 2.26. The van der Waals surface area contributed by atoms with Gasteiger partial charge in [-0.05, 0) is 26.2 Å². The highest BCUT2D eigenvalue weighted by Gasteiger charge is 2.06. The van der Waals surface area contributed by atoms with E-state index in [-0.39, 0.29) is 5.92 Å². The third-order valence-corrected chi connectivity index (χ3v) is 2.81. The molecule has 0 aromatic rings. The van der Waals surface area contributed by atoms with Gasteiger partial charge in [0.2, 0.25) is 0 Å². The van der Waals surface area contributed by atoms with Crippen LogP contribution in [0, 0.1) is 11.8 Å².